The second kappa shape index (κ2) is 9.67. The lowest BCUT2D eigenvalue weighted by molar-refractivity contribution is -0.132. The molecular weight excluding hydrogens is 314 g/mol. The molecule has 0 aliphatic carbocycles. The first-order valence-corrected chi connectivity index (χ1v) is 9.45. The van der Waals surface area contributed by atoms with Gasteiger partial charge in [-0.25, -0.2) is 0 Å². The number of nitrogens with one attached hydrogen (secondary N) is 3. The molecule has 1 amide bonds. The molecule has 0 saturated heterocycles. The number of carbonyl (C=O) groups is 2. The summed E-state index contributed by atoms with van der Waals surface area (Å²) in [5.74, 6) is -0.0225. The van der Waals surface area contributed by atoms with Gasteiger partial charge in [-0.3, -0.25) is 9.59 Å². The van der Waals surface area contributed by atoms with Crippen LogP contribution in [0.25, 0.3) is 0 Å². The van der Waals surface area contributed by atoms with Gasteiger partial charge >= 0.3 is 0 Å². The highest BCUT2D eigenvalue weighted by atomic mass is 16.2. The van der Waals surface area contributed by atoms with Gasteiger partial charge in [0, 0.05) is 16.5 Å². The van der Waals surface area contributed by atoms with Gasteiger partial charge in [0.25, 0.3) is 0 Å². The Kier molecular flexibility index (Phi) is 9.31. The van der Waals surface area contributed by atoms with Crippen LogP contribution in [-0.2, 0) is 9.59 Å². The third-order valence-electron chi connectivity index (χ3n) is 3.75. The highest BCUT2D eigenvalue weighted by Gasteiger charge is 2.30. The van der Waals surface area contributed by atoms with Crippen LogP contribution in [0.3, 0.4) is 0 Å². The van der Waals surface area contributed by atoms with Gasteiger partial charge in [0.05, 0.1) is 12.6 Å². The van der Waals surface area contributed by atoms with Crippen LogP contribution in [0.2, 0.25) is 0 Å². The first-order valence-electron chi connectivity index (χ1n) is 9.45. The first kappa shape index (κ1) is 24.1. The lowest BCUT2D eigenvalue weighted by atomic mass is 9.84. The van der Waals surface area contributed by atoms with E-state index in [9.17, 15) is 9.59 Å². The maximum atomic E-state index is 12.7. The molecule has 1 unspecified atom stereocenters. The third kappa shape index (κ3) is 13.0. The van der Waals surface area contributed by atoms with Gasteiger partial charge < -0.3 is 16.0 Å². The fourth-order valence-corrected chi connectivity index (χ4v) is 2.32. The largest absolute Gasteiger partial charge is 0.345 e. The summed E-state index contributed by atoms with van der Waals surface area (Å²) in [6.45, 7) is 19.3. The molecule has 0 spiro atoms. The zero-order valence-electron chi connectivity index (χ0n) is 17.9. The van der Waals surface area contributed by atoms with Gasteiger partial charge in [0.2, 0.25) is 5.91 Å². The van der Waals surface area contributed by atoms with Crippen LogP contribution in [-0.4, -0.2) is 41.9 Å². The molecule has 0 aromatic rings. The molecule has 1 atom stereocenters. The molecule has 0 heterocycles. The van der Waals surface area contributed by atoms with Crippen molar-refractivity contribution in [3.05, 3.63) is 0 Å². The summed E-state index contributed by atoms with van der Waals surface area (Å²) < 4.78 is 0. The maximum Gasteiger partial charge on any atom is 0.234 e. The molecule has 0 radical (unpaired) electrons. The minimum absolute atomic E-state index is 0.0976. The number of hydrogen-bond acceptors (Lipinski definition) is 4. The number of ketones is 1. The number of amides is 1. The average molecular weight is 356 g/mol. The summed E-state index contributed by atoms with van der Waals surface area (Å²) >= 11 is 0. The number of unbranched alkanes of at least 4 members (excludes halogenated alkanes) is 1. The Hall–Kier alpha value is -0.940. The quantitative estimate of drug-likeness (QED) is 0.556. The molecule has 0 aromatic heterocycles. The minimum Gasteiger partial charge on any atom is -0.345 e. The Morgan fingerprint density at radius 3 is 1.76 bits per heavy atom. The molecular formula is C20H41N3O2. The fourth-order valence-electron chi connectivity index (χ4n) is 2.32. The van der Waals surface area contributed by atoms with Crippen molar-refractivity contribution in [2.75, 3.05) is 13.1 Å². The highest BCUT2D eigenvalue weighted by molar-refractivity contribution is 5.92. The van der Waals surface area contributed by atoms with Crippen LogP contribution in [0.4, 0.5) is 0 Å². The summed E-state index contributed by atoms with van der Waals surface area (Å²) in [5.41, 5.74) is -0.480. The summed E-state index contributed by atoms with van der Waals surface area (Å²) in [7, 11) is 0. The lowest BCUT2D eigenvalue weighted by Crippen LogP contribution is -2.50. The van der Waals surface area contributed by atoms with Crippen molar-refractivity contribution in [1.29, 1.82) is 0 Å². The number of carbonyl (C=O) groups excluding carboxylic acids is 2. The zero-order chi connectivity index (χ0) is 19.9. The molecule has 0 rings (SSSR count). The number of rotatable bonds is 9. The SMILES string of the molecule is CC(C)(C)NCCCCC(NC(=O)CNC(C)(C)C)C(=O)C(C)(C)C. The van der Waals surface area contributed by atoms with E-state index < -0.39 is 11.5 Å². The molecule has 0 aliphatic rings. The summed E-state index contributed by atoms with van der Waals surface area (Å²) in [4.78, 5) is 24.9. The third-order valence-corrected chi connectivity index (χ3v) is 3.75. The van der Waals surface area contributed by atoms with Gasteiger partial charge in [0.15, 0.2) is 5.78 Å². The molecule has 25 heavy (non-hydrogen) atoms. The minimum atomic E-state index is -0.459. The predicted octanol–water partition coefficient (Wildman–Crippen LogP) is 3.03. The zero-order valence-corrected chi connectivity index (χ0v) is 17.9. The Morgan fingerprint density at radius 1 is 0.800 bits per heavy atom. The first-order chi connectivity index (χ1) is 11.1. The topological polar surface area (TPSA) is 70.2 Å². The van der Waals surface area contributed by atoms with E-state index in [0.717, 1.165) is 19.4 Å². The summed E-state index contributed by atoms with van der Waals surface area (Å²) in [6, 6.07) is -0.413. The van der Waals surface area contributed by atoms with E-state index >= 15 is 0 Å². The standard InChI is InChI=1S/C20H41N3O2/c1-18(2,3)17(25)15(12-10-11-13-21-19(4,5)6)23-16(24)14-22-20(7,8)9/h15,21-22H,10-14H2,1-9H3,(H,23,24). The van der Waals surface area contributed by atoms with Gasteiger partial charge in [-0.2, -0.15) is 0 Å². The Labute approximate surface area is 155 Å². The Bertz CT molecular complexity index is 426. The molecule has 5 nitrogen and oxygen atoms in total. The van der Waals surface area contributed by atoms with Crippen molar-refractivity contribution < 1.29 is 9.59 Å². The van der Waals surface area contributed by atoms with E-state index in [0.29, 0.717) is 6.42 Å². The van der Waals surface area contributed by atoms with Gasteiger partial charge in [-0.05, 0) is 67.3 Å². The molecule has 3 N–H and O–H groups in total. The Balaban J connectivity index is 4.57. The van der Waals surface area contributed by atoms with Gasteiger partial charge in [-0.1, -0.05) is 20.8 Å². The molecule has 0 aliphatic heterocycles. The van der Waals surface area contributed by atoms with E-state index in [4.69, 9.17) is 0 Å². The molecule has 148 valence electrons. The summed E-state index contributed by atoms with van der Waals surface area (Å²) in [5, 5.41) is 9.55. The van der Waals surface area contributed by atoms with Crippen LogP contribution in [0.5, 0.6) is 0 Å². The molecule has 0 bridgehead atoms. The average Bonchev–Trinajstić information content (AvgIpc) is 2.39. The molecule has 5 heteroatoms. The van der Waals surface area contributed by atoms with Crippen LogP contribution in [0.1, 0.15) is 81.6 Å². The van der Waals surface area contributed by atoms with Crippen LogP contribution >= 0.6 is 0 Å². The van der Waals surface area contributed by atoms with Gasteiger partial charge in [-0.15, -0.1) is 0 Å². The smallest absolute Gasteiger partial charge is 0.234 e. The van der Waals surface area contributed by atoms with E-state index in [2.05, 4.69) is 36.7 Å². The second-order valence-corrected chi connectivity index (χ2v) is 10.0. The van der Waals surface area contributed by atoms with Crippen LogP contribution < -0.4 is 16.0 Å². The van der Waals surface area contributed by atoms with Crippen molar-refractivity contribution in [2.24, 2.45) is 5.41 Å². The van der Waals surface area contributed by atoms with Crippen molar-refractivity contribution in [3.8, 4) is 0 Å². The van der Waals surface area contributed by atoms with Crippen molar-refractivity contribution in [1.82, 2.24) is 16.0 Å². The molecule has 0 aromatic carbocycles. The Morgan fingerprint density at radius 2 is 1.32 bits per heavy atom. The van der Waals surface area contributed by atoms with Crippen molar-refractivity contribution in [2.45, 2.75) is 98.7 Å². The maximum absolute atomic E-state index is 12.7. The predicted molar refractivity (Wildman–Crippen MR) is 106 cm³/mol. The van der Waals surface area contributed by atoms with Crippen molar-refractivity contribution in [3.63, 3.8) is 0 Å². The van der Waals surface area contributed by atoms with Gasteiger partial charge in [0.1, 0.15) is 0 Å². The summed E-state index contributed by atoms with van der Waals surface area (Å²) in [6.07, 6.45) is 2.58. The highest BCUT2D eigenvalue weighted by Crippen LogP contribution is 2.19. The lowest BCUT2D eigenvalue weighted by Gasteiger charge is -2.27. The fraction of sp³-hybridized carbons (Fsp3) is 0.900. The normalized spacial score (nSPS) is 14.3. The van der Waals surface area contributed by atoms with Crippen LogP contribution in [0.15, 0.2) is 0 Å². The van der Waals surface area contributed by atoms with E-state index in [1.807, 2.05) is 41.5 Å². The molecule has 0 fully saturated rings. The van der Waals surface area contributed by atoms with Crippen molar-refractivity contribution >= 4 is 11.7 Å². The van der Waals surface area contributed by atoms with Crippen LogP contribution in [0, 0.1) is 5.41 Å². The number of Topliss-reactive ketones (excluding diaryl/α,β-unsaturated/α-hetero) is 1. The van der Waals surface area contributed by atoms with E-state index in [-0.39, 0.29) is 29.3 Å². The monoisotopic (exact) mass is 355 g/mol. The molecule has 0 saturated carbocycles. The van der Waals surface area contributed by atoms with E-state index in [1.165, 1.54) is 0 Å². The number of hydrogen-bond donors (Lipinski definition) is 3. The van der Waals surface area contributed by atoms with E-state index in [1.54, 1.807) is 0 Å². The second-order valence-electron chi connectivity index (χ2n) is 10.0.